The second-order valence-corrected chi connectivity index (χ2v) is 9.52. The lowest BCUT2D eigenvalue weighted by molar-refractivity contribution is -0.204. The quantitative estimate of drug-likeness (QED) is 0.399. The van der Waals surface area contributed by atoms with Crippen LogP contribution in [0.2, 0.25) is 0 Å². The molecule has 0 spiro atoms. The minimum Gasteiger partial charge on any atom is -0.353 e. The van der Waals surface area contributed by atoms with E-state index in [0.29, 0.717) is 61.6 Å². The van der Waals surface area contributed by atoms with Crippen LogP contribution >= 0.6 is 0 Å². The fraction of sp³-hybridized carbons (Fsp3) is 0.462. The third-order valence-electron chi connectivity index (χ3n) is 6.70. The van der Waals surface area contributed by atoms with E-state index in [1.165, 1.54) is 12.1 Å². The van der Waals surface area contributed by atoms with Crippen molar-refractivity contribution in [2.45, 2.75) is 12.7 Å². The summed E-state index contributed by atoms with van der Waals surface area (Å²) in [5, 5.41) is 3.08. The van der Waals surface area contributed by atoms with Crippen molar-refractivity contribution < 1.29 is 18.7 Å². The molecule has 0 atom stereocenters. The molecule has 0 aliphatic carbocycles. The van der Waals surface area contributed by atoms with Crippen molar-refractivity contribution in [1.82, 2.24) is 29.7 Å². The van der Waals surface area contributed by atoms with E-state index < -0.39 is 6.29 Å². The van der Waals surface area contributed by atoms with Crippen molar-refractivity contribution in [3.8, 4) is 22.6 Å². The topological polar surface area (TPSA) is 135 Å². The minimum atomic E-state index is -0.543. The Bertz CT molecular complexity index is 1220. The maximum atomic E-state index is 13.6. The van der Waals surface area contributed by atoms with Gasteiger partial charge in [0.2, 0.25) is 11.9 Å². The number of carbonyl (C=O) groups is 1. The predicted octanol–water partition coefficient (Wildman–Crippen LogP) is 1.35. The van der Waals surface area contributed by atoms with E-state index >= 15 is 0 Å². The number of H-pyrrole nitrogens is 1. The van der Waals surface area contributed by atoms with Crippen molar-refractivity contribution in [2.75, 3.05) is 64.8 Å². The number of aromatic amines is 1. The van der Waals surface area contributed by atoms with E-state index in [1.807, 2.05) is 4.90 Å². The Labute approximate surface area is 220 Å². The Morgan fingerprint density at radius 2 is 1.87 bits per heavy atom. The second-order valence-electron chi connectivity index (χ2n) is 9.52. The van der Waals surface area contributed by atoms with E-state index in [0.717, 1.165) is 31.7 Å². The van der Waals surface area contributed by atoms with Gasteiger partial charge < -0.3 is 35.3 Å². The highest BCUT2D eigenvalue weighted by molar-refractivity contribution is 5.79. The zero-order valence-electron chi connectivity index (χ0n) is 21.4. The number of ether oxygens (including phenoxy) is 2. The number of piperazine rings is 1. The van der Waals surface area contributed by atoms with Gasteiger partial charge in [-0.05, 0) is 37.4 Å². The number of nitrogens with two attached hydrogens (primary N) is 1. The number of nitrogens with zero attached hydrogens (tertiary/aromatic N) is 5. The van der Waals surface area contributed by atoms with Crippen LogP contribution in [0, 0.1) is 11.7 Å². The van der Waals surface area contributed by atoms with Gasteiger partial charge >= 0.3 is 0 Å². The zero-order chi connectivity index (χ0) is 26.5. The highest BCUT2D eigenvalue weighted by Crippen LogP contribution is 2.30. The number of hydrogen-bond acceptors (Lipinski definition) is 9. The van der Waals surface area contributed by atoms with E-state index in [9.17, 15) is 9.18 Å². The van der Waals surface area contributed by atoms with Crippen LogP contribution < -0.4 is 11.1 Å². The molecule has 38 heavy (non-hydrogen) atoms. The summed E-state index contributed by atoms with van der Waals surface area (Å²) in [4.78, 5) is 34.0. The standard InChI is InChI=1S/C26H33FN8O3/c1-34-10-12-35(13-11-34)25(36)18-15-37-22(38-16-18)14-21-32-23(17-2-4-19(27)5-3-17)24(33-21)20-6-8-29-26(31-20)30-9-7-28/h2-6,8,18,22H,7,9-16,28H2,1H3,(H,32,33)(H,29,30,31). The number of amides is 1. The van der Waals surface area contributed by atoms with E-state index in [1.54, 1.807) is 24.4 Å². The number of nitrogens with one attached hydrogen (secondary N) is 2. The van der Waals surface area contributed by atoms with Gasteiger partial charge in [-0.2, -0.15) is 0 Å². The largest absolute Gasteiger partial charge is 0.353 e. The molecule has 4 heterocycles. The lowest BCUT2D eigenvalue weighted by Gasteiger charge is -2.36. The van der Waals surface area contributed by atoms with Crippen molar-refractivity contribution in [3.63, 3.8) is 0 Å². The molecule has 12 heteroatoms. The maximum Gasteiger partial charge on any atom is 0.230 e. The Morgan fingerprint density at radius 3 is 2.58 bits per heavy atom. The van der Waals surface area contributed by atoms with Gasteiger partial charge in [0.05, 0.1) is 42.6 Å². The summed E-state index contributed by atoms with van der Waals surface area (Å²) in [5.41, 5.74) is 8.25. The molecule has 202 valence electrons. The van der Waals surface area contributed by atoms with Crippen molar-refractivity contribution >= 4 is 11.9 Å². The number of anilines is 1. The summed E-state index contributed by atoms with van der Waals surface area (Å²) in [6.07, 6.45) is 1.47. The number of imidazole rings is 1. The van der Waals surface area contributed by atoms with Gasteiger partial charge in [0.25, 0.3) is 0 Å². The number of carbonyl (C=O) groups excluding carboxylic acids is 1. The fourth-order valence-electron chi connectivity index (χ4n) is 4.53. The van der Waals surface area contributed by atoms with Crippen LogP contribution in [-0.2, 0) is 20.7 Å². The van der Waals surface area contributed by atoms with Crippen LogP contribution in [0.25, 0.3) is 22.6 Å². The van der Waals surface area contributed by atoms with Crippen LogP contribution in [0.15, 0.2) is 36.5 Å². The Balaban J connectivity index is 1.30. The third-order valence-corrected chi connectivity index (χ3v) is 6.70. The molecule has 2 aliphatic rings. The van der Waals surface area contributed by atoms with Gasteiger partial charge in [0, 0.05) is 51.0 Å². The zero-order valence-corrected chi connectivity index (χ0v) is 21.4. The molecule has 2 saturated heterocycles. The first-order valence-electron chi connectivity index (χ1n) is 12.8. The Kier molecular flexibility index (Phi) is 8.23. The van der Waals surface area contributed by atoms with Gasteiger partial charge in [-0.1, -0.05) is 0 Å². The molecule has 0 unspecified atom stereocenters. The molecule has 2 fully saturated rings. The Hall–Kier alpha value is -3.45. The minimum absolute atomic E-state index is 0.0817. The van der Waals surface area contributed by atoms with E-state index in [2.05, 4.69) is 32.2 Å². The third kappa shape index (κ3) is 6.16. The van der Waals surface area contributed by atoms with Gasteiger partial charge in [-0.25, -0.2) is 19.3 Å². The van der Waals surface area contributed by atoms with Crippen LogP contribution in [0.5, 0.6) is 0 Å². The van der Waals surface area contributed by atoms with Crippen molar-refractivity contribution in [3.05, 3.63) is 48.2 Å². The number of rotatable bonds is 8. The summed E-state index contributed by atoms with van der Waals surface area (Å²) in [5.74, 6) is 0.522. The average molecular weight is 525 g/mol. The second kappa shape index (κ2) is 11.9. The normalized spacial score (nSPS) is 20.4. The maximum absolute atomic E-state index is 13.6. The molecule has 3 aromatic rings. The first-order valence-corrected chi connectivity index (χ1v) is 12.8. The lowest BCUT2D eigenvalue weighted by Crippen LogP contribution is -2.51. The summed E-state index contributed by atoms with van der Waals surface area (Å²) < 4.78 is 25.5. The first-order chi connectivity index (χ1) is 18.5. The van der Waals surface area contributed by atoms with Gasteiger partial charge in [0.15, 0.2) is 6.29 Å². The highest BCUT2D eigenvalue weighted by atomic mass is 19.1. The summed E-state index contributed by atoms with van der Waals surface area (Å²) in [6, 6.07) is 7.92. The lowest BCUT2D eigenvalue weighted by atomic mass is 10.1. The molecule has 1 aromatic carbocycles. The summed E-state index contributed by atoms with van der Waals surface area (Å²) in [6.45, 7) is 4.79. The predicted molar refractivity (Wildman–Crippen MR) is 140 cm³/mol. The molecule has 2 aliphatic heterocycles. The van der Waals surface area contributed by atoms with E-state index in [-0.39, 0.29) is 17.6 Å². The average Bonchev–Trinajstić information content (AvgIpc) is 3.36. The fourth-order valence-corrected chi connectivity index (χ4v) is 4.53. The molecule has 0 saturated carbocycles. The molecule has 11 nitrogen and oxygen atoms in total. The first kappa shape index (κ1) is 26.2. The molecule has 1 amide bonds. The number of benzene rings is 1. The number of halogens is 1. The van der Waals surface area contributed by atoms with Crippen LogP contribution in [-0.4, -0.2) is 101 Å². The van der Waals surface area contributed by atoms with E-state index in [4.69, 9.17) is 20.2 Å². The molecular weight excluding hydrogens is 491 g/mol. The van der Waals surface area contributed by atoms with Crippen molar-refractivity contribution in [1.29, 1.82) is 0 Å². The summed E-state index contributed by atoms with van der Waals surface area (Å²) in [7, 11) is 2.06. The molecule has 5 rings (SSSR count). The summed E-state index contributed by atoms with van der Waals surface area (Å²) >= 11 is 0. The Morgan fingerprint density at radius 1 is 1.13 bits per heavy atom. The number of hydrogen-bond donors (Lipinski definition) is 3. The van der Waals surface area contributed by atoms with Crippen molar-refractivity contribution in [2.24, 2.45) is 11.7 Å². The number of likely N-dealkylation sites (N-methyl/N-ethyl adjacent to an activating group) is 1. The van der Waals surface area contributed by atoms with Crippen LogP contribution in [0.1, 0.15) is 5.82 Å². The number of aromatic nitrogens is 4. The molecule has 4 N–H and O–H groups in total. The van der Waals surface area contributed by atoms with Gasteiger partial charge in [-0.3, -0.25) is 4.79 Å². The SMILES string of the molecule is CN1CCN(C(=O)C2COC(Cc3nc(-c4ccc(F)cc4)c(-c4ccnc(NCCN)n4)[nH]3)OC2)CC1. The van der Waals surface area contributed by atoms with Gasteiger partial charge in [0.1, 0.15) is 11.6 Å². The molecule has 0 radical (unpaired) electrons. The smallest absolute Gasteiger partial charge is 0.230 e. The van der Waals surface area contributed by atoms with Crippen LogP contribution in [0.3, 0.4) is 0 Å². The van der Waals surface area contributed by atoms with Gasteiger partial charge in [-0.15, -0.1) is 0 Å². The molecule has 2 aromatic heterocycles. The highest BCUT2D eigenvalue weighted by Gasteiger charge is 2.32. The molecular formula is C26H33FN8O3. The monoisotopic (exact) mass is 524 g/mol. The molecule has 0 bridgehead atoms. The van der Waals surface area contributed by atoms with Crippen LogP contribution in [0.4, 0.5) is 10.3 Å².